The van der Waals surface area contributed by atoms with Crippen LogP contribution in [0, 0.1) is 25.7 Å². The number of aryl methyl sites for hydroxylation is 1. The lowest BCUT2D eigenvalue weighted by Crippen LogP contribution is -2.32. The molecule has 154 valence electrons. The molecule has 0 saturated carbocycles. The fourth-order valence-corrected chi connectivity index (χ4v) is 5.15. The second-order valence-electron chi connectivity index (χ2n) is 8.54. The molecule has 1 aliphatic heterocycles. The lowest BCUT2D eigenvalue weighted by Gasteiger charge is -2.32. The maximum absolute atomic E-state index is 13.8. The molecule has 0 bridgehead atoms. The minimum absolute atomic E-state index is 0.0946. The molecule has 4 unspecified atom stereocenters. The predicted octanol–water partition coefficient (Wildman–Crippen LogP) is 5.55. The van der Waals surface area contributed by atoms with E-state index in [2.05, 4.69) is 12.2 Å². The molecule has 2 amide bonds. The van der Waals surface area contributed by atoms with Gasteiger partial charge in [-0.1, -0.05) is 84.9 Å². The van der Waals surface area contributed by atoms with Crippen LogP contribution in [0.4, 0.5) is 5.69 Å². The van der Waals surface area contributed by atoms with Crippen molar-refractivity contribution in [2.75, 3.05) is 4.90 Å². The summed E-state index contributed by atoms with van der Waals surface area (Å²) >= 11 is 0. The summed E-state index contributed by atoms with van der Waals surface area (Å²) in [5.74, 6) is -1.24. The van der Waals surface area contributed by atoms with Crippen LogP contribution in [0.1, 0.15) is 34.1 Å². The molecule has 3 aromatic carbocycles. The molecule has 0 radical (unpaired) electrons. The highest BCUT2D eigenvalue weighted by Crippen LogP contribution is 2.50. The van der Waals surface area contributed by atoms with Crippen molar-refractivity contribution in [3.8, 4) is 0 Å². The van der Waals surface area contributed by atoms with Crippen LogP contribution in [0.3, 0.4) is 0 Å². The number of fused-ring (bicyclic) bond motifs is 1. The number of benzene rings is 3. The quantitative estimate of drug-likeness (QED) is 0.422. The van der Waals surface area contributed by atoms with Crippen molar-refractivity contribution >= 4 is 17.5 Å². The zero-order valence-electron chi connectivity index (χ0n) is 17.7. The Kier molecular flexibility index (Phi) is 4.82. The molecule has 0 spiro atoms. The summed E-state index contributed by atoms with van der Waals surface area (Å²) in [7, 11) is 0. The van der Waals surface area contributed by atoms with E-state index in [1.54, 1.807) is 0 Å². The minimum Gasteiger partial charge on any atom is -0.274 e. The third kappa shape index (κ3) is 3.12. The highest BCUT2D eigenvalue weighted by molar-refractivity contribution is 6.23. The third-order valence-electron chi connectivity index (χ3n) is 6.88. The summed E-state index contributed by atoms with van der Waals surface area (Å²) in [6.07, 6.45) is 4.26. The van der Waals surface area contributed by atoms with Gasteiger partial charge in [0.25, 0.3) is 0 Å². The summed E-state index contributed by atoms with van der Waals surface area (Å²) in [5, 5.41) is 0. The Morgan fingerprint density at radius 3 is 1.58 bits per heavy atom. The van der Waals surface area contributed by atoms with E-state index >= 15 is 0 Å². The molecule has 0 N–H and O–H groups in total. The fraction of sp³-hybridized carbons (Fsp3) is 0.214. The average molecular weight is 408 g/mol. The van der Waals surface area contributed by atoms with E-state index in [4.69, 9.17) is 0 Å². The third-order valence-corrected chi connectivity index (χ3v) is 6.88. The van der Waals surface area contributed by atoms with Gasteiger partial charge >= 0.3 is 0 Å². The van der Waals surface area contributed by atoms with Crippen LogP contribution in [-0.4, -0.2) is 11.8 Å². The van der Waals surface area contributed by atoms with E-state index in [1.165, 1.54) is 4.90 Å². The second kappa shape index (κ2) is 7.66. The number of amides is 2. The first-order valence-electron chi connectivity index (χ1n) is 10.8. The van der Waals surface area contributed by atoms with Crippen LogP contribution in [0.5, 0.6) is 0 Å². The van der Waals surface area contributed by atoms with Gasteiger partial charge in [-0.3, -0.25) is 9.59 Å². The van der Waals surface area contributed by atoms with Gasteiger partial charge in [-0.2, -0.15) is 0 Å². The Balaban J connectivity index is 1.65. The monoisotopic (exact) mass is 407 g/mol. The number of carbonyl (C=O) groups excluding carboxylic acids is 2. The smallest absolute Gasteiger partial charge is 0.238 e. The molecule has 0 aromatic heterocycles. The topological polar surface area (TPSA) is 37.4 Å². The zero-order valence-corrected chi connectivity index (χ0v) is 17.7. The van der Waals surface area contributed by atoms with Gasteiger partial charge in [-0.05, 0) is 42.2 Å². The van der Waals surface area contributed by atoms with Crippen molar-refractivity contribution in [3.63, 3.8) is 0 Å². The number of anilines is 1. The number of hydrogen-bond donors (Lipinski definition) is 0. The molecule has 31 heavy (non-hydrogen) atoms. The highest BCUT2D eigenvalue weighted by atomic mass is 16.2. The predicted molar refractivity (Wildman–Crippen MR) is 123 cm³/mol. The first kappa shape index (κ1) is 19.5. The molecule has 1 saturated heterocycles. The normalized spacial score (nSPS) is 25.0. The number of allylic oxidation sites excluding steroid dienone is 2. The maximum atomic E-state index is 13.8. The molecule has 1 fully saturated rings. The van der Waals surface area contributed by atoms with Crippen molar-refractivity contribution in [2.45, 2.75) is 25.7 Å². The van der Waals surface area contributed by atoms with Gasteiger partial charge in [-0.15, -0.1) is 0 Å². The Labute approximate surface area is 183 Å². The molecule has 3 heteroatoms. The van der Waals surface area contributed by atoms with Gasteiger partial charge in [-0.25, -0.2) is 4.90 Å². The van der Waals surface area contributed by atoms with Gasteiger partial charge in [0.15, 0.2) is 0 Å². The number of rotatable bonds is 3. The summed E-state index contributed by atoms with van der Waals surface area (Å²) in [6, 6.07) is 25.9. The standard InChI is InChI=1S/C28H25NO2/c1-18-10-9-15-24(19(18)2)29-27(30)25-22(20-11-5-3-6-12-20)16-17-23(26(25)28(29)31)21-13-7-4-8-14-21/h3-17,22-23,25-26H,1-2H3. The molecule has 1 aliphatic carbocycles. The summed E-state index contributed by atoms with van der Waals surface area (Å²) in [4.78, 5) is 29.1. The SMILES string of the molecule is Cc1cccc(N2C(=O)C3C(c4ccccc4)C=CC(c4ccccc4)C3C2=O)c1C. The van der Waals surface area contributed by atoms with E-state index in [0.29, 0.717) is 5.69 Å². The van der Waals surface area contributed by atoms with Crippen LogP contribution in [0.2, 0.25) is 0 Å². The average Bonchev–Trinajstić information content (AvgIpc) is 3.07. The molecule has 3 aromatic rings. The van der Waals surface area contributed by atoms with Crippen LogP contribution >= 0.6 is 0 Å². The van der Waals surface area contributed by atoms with Crippen LogP contribution in [0.15, 0.2) is 91.0 Å². The van der Waals surface area contributed by atoms with Gasteiger partial charge in [0.05, 0.1) is 17.5 Å². The van der Waals surface area contributed by atoms with E-state index < -0.39 is 11.8 Å². The number of carbonyl (C=O) groups is 2. The first-order valence-corrected chi connectivity index (χ1v) is 10.8. The largest absolute Gasteiger partial charge is 0.274 e. The van der Waals surface area contributed by atoms with Gasteiger partial charge < -0.3 is 0 Å². The maximum Gasteiger partial charge on any atom is 0.238 e. The minimum atomic E-state index is -0.412. The van der Waals surface area contributed by atoms with Crippen LogP contribution in [-0.2, 0) is 9.59 Å². The van der Waals surface area contributed by atoms with E-state index in [-0.39, 0.29) is 23.7 Å². The summed E-state index contributed by atoms with van der Waals surface area (Å²) in [6.45, 7) is 3.99. The number of nitrogens with zero attached hydrogens (tertiary/aromatic N) is 1. The Hall–Kier alpha value is -3.46. The zero-order chi connectivity index (χ0) is 21.5. The molecular formula is C28H25NO2. The van der Waals surface area contributed by atoms with Gasteiger partial charge in [0, 0.05) is 11.8 Å². The first-order chi connectivity index (χ1) is 15.1. The van der Waals surface area contributed by atoms with Crippen molar-refractivity contribution in [2.24, 2.45) is 11.8 Å². The van der Waals surface area contributed by atoms with Crippen LogP contribution < -0.4 is 4.90 Å². The van der Waals surface area contributed by atoms with Crippen molar-refractivity contribution in [1.82, 2.24) is 0 Å². The lowest BCUT2D eigenvalue weighted by molar-refractivity contribution is -0.122. The van der Waals surface area contributed by atoms with Crippen molar-refractivity contribution in [1.29, 1.82) is 0 Å². The fourth-order valence-electron chi connectivity index (χ4n) is 5.15. The molecule has 1 heterocycles. The molecule has 5 rings (SSSR count). The molecular weight excluding hydrogens is 382 g/mol. The number of hydrogen-bond acceptors (Lipinski definition) is 2. The Morgan fingerprint density at radius 2 is 1.10 bits per heavy atom. The molecule has 4 atom stereocenters. The van der Waals surface area contributed by atoms with Crippen molar-refractivity contribution < 1.29 is 9.59 Å². The summed E-state index contributed by atoms with van der Waals surface area (Å²) < 4.78 is 0. The highest BCUT2D eigenvalue weighted by Gasteiger charge is 2.55. The number of imide groups is 1. The van der Waals surface area contributed by atoms with Gasteiger partial charge in [0.2, 0.25) is 11.8 Å². The Bertz CT molecular complexity index is 1100. The Morgan fingerprint density at radius 1 is 0.613 bits per heavy atom. The molecule has 2 aliphatic rings. The van der Waals surface area contributed by atoms with Gasteiger partial charge in [0.1, 0.15) is 0 Å². The van der Waals surface area contributed by atoms with E-state index in [0.717, 1.165) is 22.3 Å². The second-order valence-corrected chi connectivity index (χ2v) is 8.54. The van der Waals surface area contributed by atoms with E-state index in [9.17, 15) is 9.59 Å². The van der Waals surface area contributed by atoms with Crippen molar-refractivity contribution in [3.05, 3.63) is 113 Å². The van der Waals surface area contributed by atoms with E-state index in [1.807, 2.05) is 92.7 Å². The van der Waals surface area contributed by atoms with Crippen LogP contribution in [0.25, 0.3) is 0 Å². The molecule has 3 nitrogen and oxygen atoms in total. The summed E-state index contributed by atoms with van der Waals surface area (Å²) in [5.41, 5.74) is 4.91. The lowest BCUT2D eigenvalue weighted by atomic mass is 9.68.